The lowest BCUT2D eigenvalue weighted by atomic mass is 10.1. The Morgan fingerprint density at radius 2 is 2.12 bits per heavy atom. The highest BCUT2D eigenvalue weighted by atomic mass is 16.5. The van der Waals surface area contributed by atoms with Gasteiger partial charge in [-0.1, -0.05) is 0 Å². The summed E-state index contributed by atoms with van der Waals surface area (Å²) in [5, 5.41) is 0. The third-order valence-corrected chi connectivity index (χ3v) is 4.81. The van der Waals surface area contributed by atoms with Crippen molar-refractivity contribution in [3.05, 3.63) is 56.8 Å². The number of amides is 1. The van der Waals surface area contributed by atoms with Crippen LogP contribution in [0.25, 0.3) is 0 Å². The fourth-order valence-corrected chi connectivity index (χ4v) is 3.41. The number of hydrogen-bond donors (Lipinski definition) is 0. The normalized spacial score (nSPS) is 18.3. The van der Waals surface area contributed by atoms with Gasteiger partial charge in [-0.05, 0) is 37.6 Å². The van der Waals surface area contributed by atoms with Crippen LogP contribution in [0.15, 0.2) is 23.0 Å². The molecular weight excluding hydrogens is 306 g/mol. The average Bonchev–Trinajstić information content (AvgIpc) is 3.13. The molecule has 1 aromatic carbocycles. The number of carbonyl (C=O) groups is 1. The van der Waals surface area contributed by atoms with E-state index in [0.29, 0.717) is 35.7 Å². The third kappa shape index (κ3) is 2.21. The highest BCUT2D eigenvalue weighted by Crippen LogP contribution is 2.30. The Kier molecular flexibility index (Phi) is 3.23. The van der Waals surface area contributed by atoms with E-state index >= 15 is 0 Å². The summed E-state index contributed by atoms with van der Waals surface area (Å²) in [5.74, 6) is 1.45. The molecule has 0 bridgehead atoms. The van der Waals surface area contributed by atoms with E-state index in [1.165, 1.54) is 4.57 Å². The van der Waals surface area contributed by atoms with Gasteiger partial charge in [0, 0.05) is 19.0 Å². The molecule has 2 aliphatic rings. The molecule has 0 saturated heterocycles. The van der Waals surface area contributed by atoms with Crippen LogP contribution < -0.4 is 10.3 Å². The van der Waals surface area contributed by atoms with Crippen LogP contribution in [0.3, 0.4) is 0 Å². The molecule has 0 saturated carbocycles. The molecule has 0 spiro atoms. The van der Waals surface area contributed by atoms with Crippen molar-refractivity contribution in [3.63, 3.8) is 0 Å². The van der Waals surface area contributed by atoms with Gasteiger partial charge in [0.05, 0.1) is 24.3 Å². The van der Waals surface area contributed by atoms with Crippen LogP contribution in [0, 0.1) is 6.92 Å². The third-order valence-electron chi connectivity index (χ3n) is 4.81. The first-order chi connectivity index (χ1) is 11.4. The molecule has 6 heteroatoms. The van der Waals surface area contributed by atoms with E-state index in [2.05, 4.69) is 4.98 Å². The largest absolute Gasteiger partial charge is 0.490 e. The zero-order chi connectivity index (χ0) is 17.0. The van der Waals surface area contributed by atoms with Gasteiger partial charge >= 0.3 is 0 Å². The number of benzene rings is 1. The van der Waals surface area contributed by atoms with E-state index in [1.807, 2.05) is 19.1 Å². The van der Waals surface area contributed by atoms with Gasteiger partial charge in [0.1, 0.15) is 17.7 Å². The molecule has 2 aromatic rings. The molecule has 1 unspecified atom stereocenters. The van der Waals surface area contributed by atoms with Crippen LogP contribution >= 0.6 is 0 Å². The molecular formula is C18H19N3O3. The lowest BCUT2D eigenvalue weighted by Crippen LogP contribution is -2.27. The Balaban J connectivity index is 1.62. The second-order valence-electron chi connectivity index (χ2n) is 6.56. The fraction of sp³-hybridized carbons (Fsp3) is 0.389. The second kappa shape index (κ2) is 5.19. The van der Waals surface area contributed by atoms with Gasteiger partial charge in [-0.2, -0.15) is 0 Å². The van der Waals surface area contributed by atoms with Crippen LogP contribution in [0.1, 0.15) is 39.9 Å². The van der Waals surface area contributed by atoms with Crippen molar-refractivity contribution in [2.75, 3.05) is 0 Å². The Morgan fingerprint density at radius 3 is 2.92 bits per heavy atom. The van der Waals surface area contributed by atoms with Crippen molar-refractivity contribution in [1.29, 1.82) is 0 Å². The fourth-order valence-electron chi connectivity index (χ4n) is 3.41. The van der Waals surface area contributed by atoms with Gasteiger partial charge in [-0.3, -0.25) is 14.2 Å². The molecule has 0 N–H and O–H groups in total. The molecule has 1 amide bonds. The monoisotopic (exact) mass is 325 g/mol. The van der Waals surface area contributed by atoms with Crippen molar-refractivity contribution in [3.8, 4) is 5.75 Å². The molecule has 6 nitrogen and oxygen atoms in total. The number of fused-ring (bicyclic) bond motifs is 2. The number of ether oxygens (including phenoxy) is 1. The number of carbonyl (C=O) groups excluding carboxylic acids is 1. The van der Waals surface area contributed by atoms with Gasteiger partial charge < -0.3 is 9.64 Å². The van der Waals surface area contributed by atoms with E-state index in [1.54, 1.807) is 24.9 Å². The SMILES string of the molecule is Cc1nc2c(c(=O)n1C)CN(C(=O)c1ccc3c(c1)CC(C)O3)C2. The molecule has 4 rings (SSSR count). The van der Waals surface area contributed by atoms with Gasteiger partial charge in [-0.25, -0.2) is 4.98 Å². The summed E-state index contributed by atoms with van der Waals surface area (Å²) in [5.41, 5.74) is 2.96. The molecule has 24 heavy (non-hydrogen) atoms. The van der Waals surface area contributed by atoms with Crippen molar-refractivity contribution >= 4 is 5.91 Å². The maximum Gasteiger partial charge on any atom is 0.258 e. The molecule has 1 atom stereocenters. The average molecular weight is 325 g/mol. The number of aromatic nitrogens is 2. The molecule has 3 heterocycles. The van der Waals surface area contributed by atoms with E-state index in [-0.39, 0.29) is 17.6 Å². The van der Waals surface area contributed by atoms with E-state index in [9.17, 15) is 9.59 Å². The van der Waals surface area contributed by atoms with Gasteiger partial charge in [0.15, 0.2) is 0 Å². The van der Waals surface area contributed by atoms with E-state index in [0.717, 1.165) is 17.7 Å². The Morgan fingerprint density at radius 1 is 1.33 bits per heavy atom. The topological polar surface area (TPSA) is 64.4 Å². The standard InChI is InChI=1S/C18H19N3O3/c1-10-6-13-7-12(4-5-16(13)24-10)17(22)21-8-14-15(9-21)19-11(2)20(3)18(14)23/h4-5,7,10H,6,8-9H2,1-3H3. The first-order valence-electron chi connectivity index (χ1n) is 8.08. The van der Waals surface area contributed by atoms with Crippen LogP contribution in [0.2, 0.25) is 0 Å². The van der Waals surface area contributed by atoms with E-state index in [4.69, 9.17) is 4.74 Å². The number of rotatable bonds is 1. The summed E-state index contributed by atoms with van der Waals surface area (Å²) >= 11 is 0. The van der Waals surface area contributed by atoms with Crippen LogP contribution in [0.4, 0.5) is 0 Å². The zero-order valence-corrected chi connectivity index (χ0v) is 14.0. The van der Waals surface area contributed by atoms with Crippen LogP contribution in [0.5, 0.6) is 5.75 Å². The minimum atomic E-state index is -0.0740. The number of aryl methyl sites for hydroxylation is 1. The lowest BCUT2D eigenvalue weighted by Gasteiger charge is -2.15. The highest BCUT2D eigenvalue weighted by molar-refractivity contribution is 5.95. The summed E-state index contributed by atoms with van der Waals surface area (Å²) in [6.07, 6.45) is 0.967. The first-order valence-corrected chi connectivity index (χ1v) is 8.08. The molecule has 0 fully saturated rings. The minimum Gasteiger partial charge on any atom is -0.490 e. The molecule has 124 valence electrons. The Hall–Kier alpha value is -2.63. The lowest BCUT2D eigenvalue weighted by molar-refractivity contribution is 0.0750. The van der Waals surface area contributed by atoms with E-state index < -0.39 is 0 Å². The number of nitrogens with zero attached hydrogens (tertiary/aromatic N) is 3. The molecule has 0 aliphatic carbocycles. The number of hydrogen-bond acceptors (Lipinski definition) is 4. The maximum atomic E-state index is 12.8. The summed E-state index contributed by atoms with van der Waals surface area (Å²) in [7, 11) is 1.71. The predicted octanol–water partition coefficient (Wildman–Crippen LogP) is 1.57. The Labute approximate surface area is 139 Å². The molecule has 0 radical (unpaired) electrons. The van der Waals surface area contributed by atoms with Gasteiger partial charge in [0.25, 0.3) is 11.5 Å². The molecule has 2 aliphatic heterocycles. The highest BCUT2D eigenvalue weighted by Gasteiger charge is 2.29. The first kappa shape index (κ1) is 14.9. The summed E-state index contributed by atoms with van der Waals surface area (Å²) in [6.45, 7) is 4.52. The quantitative estimate of drug-likeness (QED) is 0.798. The van der Waals surface area contributed by atoms with Crippen molar-refractivity contribution < 1.29 is 9.53 Å². The van der Waals surface area contributed by atoms with Crippen LogP contribution in [-0.2, 0) is 26.6 Å². The summed E-state index contributed by atoms with van der Waals surface area (Å²) in [6, 6.07) is 5.55. The summed E-state index contributed by atoms with van der Waals surface area (Å²) < 4.78 is 7.21. The summed E-state index contributed by atoms with van der Waals surface area (Å²) in [4.78, 5) is 31.3. The maximum absolute atomic E-state index is 12.8. The predicted molar refractivity (Wildman–Crippen MR) is 88.0 cm³/mol. The van der Waals surface area contributed by atoms with Crippen molar-refractivity contribution in [2.45, 2.75) is 39.5 Å². The van der Waals surface area contributed by atoms with Gasteiger partial charge in [-0.15, -0.1) is 0 Å². The zero-order valence-electron chi connectivity index (χ0n) is 14.0. The van der Waals surface area contributed by atoms with Crippen LogP contribution in [-0.4, -0.2) is 26.5 Å². The van der Waals surface area contributed by atoms with Gasteiger partial charge in [0.2, 0.25) is 0 Å². The second-order valence-corrected chi connectivity index (χ2v) is 6.56. The van der Waals surface area contributed by atoms with Crippen molar-refractivity contribution in [1.82, 2.24) is 14.5 Å². The van der Waals surface area contributed by atoms with Crippen molar-refractivity contribution in [2.24, 2.45) is 7.05 Å². The smallest absolute Gasteiger partial charge is 0.258 e. The molecule has 1 aromatic heterocycles. The minimum absolute atomic E-state index is 0.0658. The Bertz CT molecular complexity index is 916.